The number of allylic oxidation sites excluding steroid dienone is 2. The van der Waals surface area contributed by atoms with E-state index in [1.165, 1.54) is 0 Å². The molecule has 0 saturated carbocycles. The van der Waals surface area contributed by atoms with Crippen LogP contribution in [-0.2, 0) is 9.59 Å². The maximum Gasteiger partial charge on any atom is 0.173 e. The highest BCUT2D eigenvalue weighted by Crippen LogP contribution is 2.59. The SMILES string of the molecule is O=CS1(C=O)C=CC=C1c1cccs1. The zero-order valence-corrected chi connectivity index (χ0v) is 8.88. The first kappa shape index (κ1) is 9.43. The van der Waals surface area contributed by atoms with Gasteiger partial charge in [-0.15, -0.1) is 11.3 Å². The molecule has 0 amide bonds. The van der Waals surface area contributed by atoms with Gasteiger partial charge in [0.05, 0.1) is 0 Å². The minimum atomic E-state index is -1.97. The number of rotatable bonds is 3. The summed E-state index contributed by atoms with van der Waals surface area (Å²) in [6.45, 7) is 0. The molecule has 0 spiro atoms. The van der Waals surface area contributed by atoms with Crippen LogP contribution < -0.4 is 0 Å². The number of carbonyl (C=O) groups is 2. The van der Waals surface area contributed by atoms with Crippen molar-refractivity contribution < 1.29 is 9.59 Å². The van der Waals surface area contributed by atoms with E-state index in [1.807, 2.05) is 23.6 Å². The van der Waals surface area contributed by atoms with E-state index in [-0.39, 0.29) is 0 Å². The second kappa shape index (κ2) is 3.55. The summed E-state index contributed by atoms with van der Waals surface area (Å²) in [6.07, 6.45) is 3.64. The van der Waals surface area contributed by atoms with Crippen molar-refractivity contribution in [1.29, 1.82) is 0 Å². The molecule has 4 heteroatoms. The lowest BCUT2D eigenvalue weighted by Crippen LogP contribution is -1.98. The topological polar surface area (TPSA) is 34.1 Å². The number of carbonyl (C=O) groups excluding carboxylic acids is 2. The van der Waals surface area contributed by atoms with Crippen molar-refractivity contribution in [3.05, 3.63) is 40.0 Å². The van der Waals surface area contributed by atoms with Crippen LogP contribution in [0.2, 0.25) is 0 Å². The van der Waals surface area contributed by atoms with Crippen LogP contribution in [0.4, 0.5) is 0 Å². The number of hydrogen-bond donors (Lipinski definition) is 0. The van der Waals surface area contributed by atoms with Crippen LogP contribution >= 0.6 is 21.4 Å². The summed E-state index contributed by atoms with van der Waals surface area (Å²) in [5.41, 5.74) is 1.55. The van der Waals surface area contributed by atoms with Gasteiger partial charge in [-0.25, -0.2) is 0 Å². The normalized spacial score (nSPS) is 20.1. The Kier molecular flexibility index (Phi) is 2.39. The van der Waals surface area contributed by atoms with Gasteiger partial charge in [-0.05, 0) is 22.9 Å². The molecule has 1 aliphatic heterocycles. The molecule has 0 N–H and O–H groups in total. The summed E-state index contributed by atoms with van der Waals surface area (Å²) >= 11 is 1.55. The van der Waals surface area contributed by atoms with Crippen LogP contribution in [-0.4, -0.2) is 11.2 Å². The molecule has 2 rings (SSSR count). The number of hydrogen-bond acceptors (Lipinski definition) is 3. The van der Waals surface area contributed by atoms with Gasteiger partial charge < -0.3 is 0 Å². The zero-order chi connectivity index (χ0) is 10.0. The third kappa shape index (κ3) is 1.27. The lowest BCUT2D eigenvalue weighted by atomic mass is 10.4. The molecule has 1 aromatic heterocycles. The molecule has 1 aliphatic rings. The smallest absolute Gasteiger partial charge is 0.173 e. The van der Waals surface area contributed by atoms with Crippen molar-refractivity contribution in [2.75, 3.05) is 0 Å². The highest BCUT2D eigenvalue weighted by molar-refractivity contribution is 8.61. The monoisotopic (exact) mass is 224 g/mol. The van der Waals surface area contributed by atoms with Gasteiger partial charge in [0.15, 0.2) is 11.2 Å². The van der Waals surface area contributed by atoms with Gasteiger partial charge in [0.25, 0.3) is 0 Å². The van der Waals surface area contributed by atoms with Crippen LogP contribution in [0.1, 0.15) is 4.88 Å². The van der Waals surface area contributed by atoms with Crippen LogP contribution in [0.15, 0.2) is 35.1 Å². The Hall–Kier alpha value is -1.13. The summed E-state index contributed by atoms with van der Waals surface area (Å²) in [6, 6.07) is 3.84. The maximum absolute atomic E-state index is 11.0. The minimum Gasteiger partial charge on any atom is -0.291 e. The van der Waals surface area contributed by atoms with E-state index in [0.29, 0.717) is 0 Å². The maximum atomic E-state index is 11.0. The van der Waals surface area contributed by atoms with Gasteiger partial charge in [-0.2, -0.15) is 0 Å². The average molecular weight is 224 g/mol. The van der Waals surface area contributed by atoms with Gasteiger partial charge in [0.2, 0.25) is 0 Å². The Balaban J connectivity index is 2.48. The van der Waals surface area contributed by atoms with E-state index in [2.05, 4.69) is 0 Å². The minimum absolute atomic E-state index is 0.773. The molecule has 0 radical (unpaired) electrons. The molecule has 0 aromatic carbocycles. The third-order valence-corrected chi connectivity index (χ3v) is 5.41. The first-order chi connectivity index (χ1) is 6.82. The molecule has 2 heterocycles. The lowest BCUT2D eigenvalue weighted by Gasteiger charge is -2.21. The Morgan fingerprint density at radius 2 is 2.07 bits per heavy atom. The molecule has 0 bridgehead atoms. The van der Waals surface area contributed by atoms with Crippen molar-refractivity contribution in [1.82, 2.24) is 0 Å². The zero-order valence-electron chi connectivity index (χ0n) is 7.25. The van der Waals surface area contributed by atoms with Crippen molar-refractivity contribution in [3.8, 4) is 0 Å². The fourth-order valence-corrected chi connectivity index (χ4v) is 4.13. The van der Waals surface area contributed by atoms with Crippen molar-refractivity contribution in [2.45, 2.75) is 0 Å². The molecule has 0 atom stereocenters. The molecule has 0 saturated heterocycles. The Labute approximate surface area is 87.3 Å². The molecular weight excluding hydrogens is 216 g/mol. The van der Waals surface area contributed by atoms with E-state index in [9.17, 15) is 9.59 Å². The first-order valence-corrected chi connectivity index (χ1v) is 6.69. The van der Waals surface area contributed by atoms with Crippen molar-refractivity contribution >= 4 is 37.5 Å². The summed E-state index contributed by atoms with van der Waals surface area (Å²) in [4.78, 5) is 23.8. The Bertz CT molecular complexity index is 407. The van der Waals surface area contributed by atoms with Crippen LogP contribution in [0.25, 0.3) is 4.91 Å². The Morgan fingerprint density at radius 3 is 2.64 bits per heavy atom. The van der Waals surface area contributed by atoms with Crippen LogP contribution in [0.5, 0.6) is 0 Å². The van der Waals surface area contributed by atoms with Gasteiger partial charge in [0, 0.05) is 9.78 Å². The first-order valence-electron chi connectivity index (χ1n) is 3.98. The summed E-state index contributed by atoms with van der Waals surface area (Å²) < 4.78 is 0. The lowest BCUT2D eigenvalue weighted by molar-refractivity contribution is 0.566. The van der Waals surface area contributed by atoms with Gasteiger partial charge in [0.1, 0.15) is 0 Å². The summed E-state index contributed by atoms with van der Waals surface area (Å²) in [5.74, 6) is 0. The second-order valence-electron chi connectivity index (χ2n) is 2.79. The molecule has 0 aliphatic carbocycles. The molecule has 2 nitrogen and oxygen atoms in total. The average Bonchev–Trinajstić information content (AvgIpc) is 2.86. The highest BCUT2D eigenvalue weighted by atomic mass is 32.3. The molecular formula is C10H8O2S2. The van der Waals surface area contributed by atoms with E-state index in [1.54, 1.807) is 22.8 Å². The fraction of sp³-hybridized carbons (Fsp3) is 0. The highest BCUT2D eigenvalue weighted by Gasteiger charge is 2.29. The number of thiophene rings is 1. The van der Waals surface area contributed by atoms with Crippen molar-refractivity contribution in [2.24, 2.45) is 0 Å². The van der Waals surface area contributed by atoms with E-state index in [4.69, 9.17) is 0 Å². The van der Waals surface area contributed by atoms with E-state index >= 15 is 0 Å². The molecule has 72 valence electrons. The van der Waals surface area contributed by atoms with Gasteiger partial charge >= 0.3 is 0 Å². The predicted octanol–water partition coefficient (Wildman–Crippen LogP) is 2.80. The molecule has 0 fully saturated rings. The summed E-state index contributed by atoms with van der Waals surface area (Å²) in [7, 11) is -1.97. The molecule has 1 aromatic rings. The van der Waals surface area contributed by atoms with Crippen LogP contribution in [0, 0.1) is 0 Å². The Morgan fingerprint density at radius 1 is 1.29 bits per heavy atom. The van der Waals surface area contributed by atoms with Gasteiger partial charge in [-0.3, -0.25) is 9.59 Å². The predicted molar refractivity (Wildman–Crippen MR) is 62.5 cm³/mol. The standard InChI is InChI=1S/C10H8O2S2/c11-7-14(8-12)6-2-4-10(14)9-3-1-5-13-9/h1-8H. The van der Waals surface area contributed by atoms with E-state index < -0.39 is 10.0 Å². The van der Waals surface area contributed by atoms with Crippen molar-refractivity contribution in [3.63, 3.8) is 0 Å². The van der Waals surface area contributed by atoms with Crippen LogP contribution in [0.3, 0.4) is 0 Å². The van der Waals surface area contributed by atoms with Gasteiger partial charge in [-0.1, -0.05) is 22.2 Å². The molecule has 14 heavy (non-hydrogen) atoms. The quantitative estimate of drug-likeness (QED) is 0.740. The largest absolute Gasteiger partial charge is 0.291 e. The summed E-state index contributed by atoms with van der Waals surface area (Å²) in [5, 5.41) is 3.65. The van der Waals surface area contributed by atoms with E-state index in [0.717, 1.165) is 21.0 Å². The third-order valence-electron chi connectivity index (χ3n) is 2.01. The second-order valence-corrected chi connectivity index (χ2v) is 6.36. The molecule has 0 unspecified atom stereocenters. The fourth-order valence-electron chi connectivity index (χ4n) is 1.31.